The van der Waals surface area contributed by atoms with Crippen LogP contribution in [-0.2, 0) is 19.3 Å². The molecule has 0 saturated carbocycles. The van der Waals surface area contributed by atoms with Crippen LogP contribution in [0.15, 0.2) is 29.2 Å². The van der Waals surface area contributed by atoms with E-state index in [0.717, 1.165) is 0 Å². The van der Waals surface area contributed by atoms with Crippen molar-refractivity contribution in [3.63, 3.8) is 0 Å². The minimum atomic E-state index is -3.83. The van der Waals surface area contributed by atoms with E-state index < -0.39 is 20.4 Å². The van der Waals surface area contributed by atoms with Gasteiger partial charge in [0.05, 0.1) is 10.3 Å². The average Bonchev–Trinajstić information content (AvgIpc) is 2.16. The van der Waals surface area contributed by atoms with Gasteiger partial charge < -0.3 is 5.11 Å². The number of hydrogen-bond acceptors (Lipinski definition) is 3. The molecule has 0 aliphatic carbocycles. The van der Waals surface area contributed by atoms with Gasteiger partial charge in [-0.3, -0.25) is 4.79 Å². The highest BCUT2D eigenvalue weighted by molar-refractivity contribution is 8.13. The number of rotatable bonds is 3. The number of aliphatic carboxylic acids is 1. The lowest BCUT2D eigenvalue weighted by Crippen LogP contribution is -2.28. The van der Waals surface area contributed by atoms with Crippen molar-refractivity contribution in [1.29, 1.82) is 0 Å². The Morgan fingerprint density at radius 1 is 1.38 bits per heavy atom. The molecule has 88 valence electrons. The van der Waals surface area contributed by atoms with Gasteiger partial charge in [0, 0.05) is 10.7 Å². The van der Waals surface area contributed by atoms with Crippen molar-refractivity contribution in [2.45, 2.75) is 24.2 Å². The molecular formula is C10H11ClO4S. The predicted molar refractivity (Wildman–Crippen MR) is 60.1 cm³/mol. The van der Waals surface area contributed by atoms with E-state index in [1.165, 1.54) is 32.0 Å². The van der Waals surface area contributed by atoms with Crippen LogP contribution in [0.25, 0.3) is 0 Å². The second-order valence-corrected chi connectivity index (χ2v) is 6.46. The molecule has 1 aromatic carbocycles. The van der Waals surface area contributed by atoms with Crippen molar-refractivity contribution in [2.24, 2.45) is 0 Å². The maximum atomic E-state index is 11.1. The first-order valence-electron chi connectivity index (χ1n) is 4.44. The fourth-order valence-electron chi connectivity index (χ4n) is 1.16. The van der Waals surface area contributed by atoms with Gasteiger partial charge in [0.15, 0.2) is 0 Å². The van der Waals surface area contributed by atoms with Gasteiger partial charge in [-0.15, -0.1) is 0 Å². The molecule has 0 aromatic heterocycles. The smallest absolute Gasteiger partial charge is 0.313 e. The molecule has 0 bridgehead atoms. The summed E-state index contributed by atoms with van der Waals surface area (Å²) < 4.78 is 22.2. The van der Waals surface area contributed by atoms with Crippen molar-refractivity contribution in [3.8, 4) is 0 Å². The molecule has 4 nitrogen and oxygen atoms in total. The largest absolute Gasteiger partial charge is 0.481 e. The van der Waals surface area contributed by atoms with E-state index in [-0.39, 0.29) is 4.90 Å². The van der Waals surface area contributed by atoms with E-state index in [1.807, 2.05) is 0 Å². The van der Waals surface area contributed by atoms with E-state index in [1.54, 1.807) is 6.07 Å². The summed E-state index contributed by atoms with van der Waals surface area (Å²) in [5.41, 5.74) is -0.765. The van der Waals surface area contributed by atoms with Crippen LogP contribution in [0.2, 0.25) is 0 Å². The average molecular weight is 263 g/mol. The van der Waals surface area contributed by atoms with Gasteiger partial charge in [0.25, 0.3) is 9.05 Å². The standard InChI is InChI=1S/C10H11ClO4S/c1-10(2,9(12)13)7-4-3-5-8(6-7)16(11,14)15/h3-6H,1-2H3,(H,12,13). The van der Waals surface area contributed by atoms with E-state index in [9.17, 15) is 13.2 Å². The lowest BCUT2D eigenvalue weighted by molar-refractivity contribution is -0.142. The minimum Gasteiger partial charge on any atom is -0.481 e. The second-order valence-electron chi connectivity index (χ2n) is 3.90. The number of carboxylic acid groups (broad SMARTS) is 1. The van der Waals surface area contributed by atoms with Gasteiger partial charge in [-0.05, 0) is 31.5 Å². The monoisotopic (exact) mass is 262 g/mol. The van der Waals surface area contributed by atoms with Gasteiger partial charge >= 0.3 is 5.97 Å². The Labute approximate surface area is 98.3 Å². The third-order valence-electron chi connectivity index (χ3n) is 2.37. The molecule has 0 fully saturated rings. The zero-order valence-electron chi connectivity index (χ0n) is 8.77. The minimum absolute atomic E-state index is 0.0963. The first kappa shape index (κ1) is 13.0. The SMILES string of the molecule is CC(C)(C(=O)O)c1cccc(S(=O)(=O)Cl)c1. The summed E-state index contributed by atoms with van der Waals surface area (Å²) in [5.74, 6) is -1.03. The van der Waals surface area contributed by atoms with E-state index in [0.29, 0.717) is 5.56 Å². The molecule has 0 aliphatic rings. The molecular weight excluding hydrogens is 252 g/mol. The molecule has 0 radical (unpaired) electrons. The Hall–Kier alpha value is -1.07. The molecule has 0 atom stereocenters. The molecule has 0 aliphatic heterocycles. The summed E-state index contributed by atoms with van der Waals surface area (Å²) in [6.45, 7) is 2.99. The van der Waals surface area contributed by atoms with Crippen molar-refractivity contribution >= 4 is 25.7 Å². The third kappa shape index (κ3) is 2.54. The molecule has 16 heavy (non-hydrogen) atoms. The molecule has 0 amide bonds. The Bertz CT molecular complexity index is 519. The fraction of sp³-hybridized carbons (Fsp3) is 0.300. The van der Waals surface area contributed by atoms with Crippen molar-refractivity contribution < 1.29 is 18.3 Å². The van der Waals surface area contributed by atoms with E-state index in [2.05, 4.69) is 0 Å². The van der Waals surface area contributed by atoms with E-state index >= 15 is 0 Å². The van der Waals surface area contributed by atoms with Crippen LogP contribution < -0.4 is 0 Å². The molecule has 6 heteroatoms. The van der Waals surface area contributed by atoms with Gasteiger partial charge in [0.1, 0.15) is 0 Å². The van der Waals surface area contributed by atoms with Crippen molar-refractivity contribution in [3.05, 3.63) is 29.8 Å². The van der Waals surface area contributed by atoms with Gasteiger partial charge in [-0.2, -0.15) is 0 Å². The quantitative estimate of drug-likeness (QED) is 0.846. The van der Waals surface area contributed by atoms with Gasteiger partial charge in [-0.1, -0.05) is 12.1 Å². The molecule has 1 rings (SSSR count). The maximum Gasteiger partial charge on any atom is 0.313 e. The molecule has 1 N–H and O–H groups in total. The topological polar surface area (TPSA) is 71.4 Å². The number of halogens is 1. The van der Waals surface area contributed by atoms with Crippen LogP contribution in [-0.4, -0.2) is 19.5 Å². The van der Waals surface area contributed by atoms with Crippen LogP contribution in [0.3, 0.4) is 0 Å². The Balaban J connectivity index is 3.34. The number of hydrogen-bond donors (Lipinski definition) is 1. The molecule has 0 unspecified atom stereocenters. The van der Waals surface area contributed by atoms with Crippen LogP contribution >= 0.6 is 10.7 Å². The Morgan fingerprint density at radius 3 is 2.38 bits per heavy atom. The highest BCUT2D eigenvalue weighted by atomic mass is 35.7. The summed E-state index contributed by atoms with van der Waals surface area (Å²) in [6, 6.07) is 5.62. The Kier molecular flexibility index (Phi) is 3.30. The molecule has 0 heterocycles. The van der Waals surface area contributed by atoms with Gasteiger partial charge in [-0.25, -0.2) is 8.42 Å². The van der Waals surface area contributed by atoms with Crippen LogP contribution in [0.4, 0.5) is 0 Å². The number of carbonyl (C=O) groups is 1. The zero-order chi connectivity index (χ0) is 12.6. The first-order chi connectivity index (χ1) is 7.15. The van der Waals surface area contributed by atoms with Crippen LogP contribution in [0.5, 0.6) is 0 Å². The number of carboxylic acids is 1. The van der Waals surface area contributed by atoms with Crippen molar-refractivity contribution in [1.82, 2.24) is 0 Å². The predicted octanol–water partition coefficient (Wildman–Crippen LogP) is 1.98. The summed E-state index contributed by atoms with van der Waals surface area (Å²) in [7, 11) is 1.35. The maximum absolute atomic E-state index is 11.1. The normalized spacial score (nSPS) is 12.4. The fourth-order valence-corrected chi connectivity index (χ4v) is 1.96. The summed E-state index contributed by atoms with van der Waals surface area (Å²) in [4.78, 5) is 10.9. The molecule has 0 saturated heterocycles. The van der Waals surface area contributed by atoms with Crippen LogP contribution in [0.1, 0.15) is 19.4 Å². The Morgan fingerprint density at radius 2 is 1.94 bits per heavy atom. The third-order valence-corrected chi connectivity index (χ3v) is 3.72. The summed E-state index contributed by atoms with van der Waals surface area (Å²) >= 11 is 0. The van der Waals surface area contributed by atoms with Crippen LogP contribution in [0, 0.1) is 0 Å². The highest BCUT2D eigenvalue weighted by Crippen LogP contribution is 2.26. The molecule has 1 aromatic rings. The first-order valence-corrected chi connectivity index (χ1v) is 6.75. The van der Waals surface area contributed by atoms with Gasteiger partial charge in [0.2, 0.25) is 0 Å². The summed E-state index contributed by atoms with van der Waals surface area (Å²) in [5, 5.41) is 9.01. The van der Waals surface area contributed by atoms with Crippen molar-refractivity contribution in [2.75, 3.05) is 0 Å². The highest BCUT2D eigenvalue weighted by Gasteiger charge is 2.30. The van der Waals surface area contributed by atoms with E-state index in [4.69, 9.17) is 15.8 Å². The summed E-state index contributed by atoms with van der Waals surface area (Å²) in [6.07, 6.45) is 0. The molecule has 0 spiro atoms. The lowest BCUT2D eigenvalue weighted by Gasteiger charge is -2.19. The second kappa shape index (κ2) is 4.07. The lowest BCUT2D eigenvalue weighted by atomic mass is 9.85. The number of benzene rings is 1. The zero-order valence-corrected chi connectivity index (χ0v) is 10.3.